The molecule has 20 heavy (non-hydrogen) atoms. The third-order valence-electron chi connectivity index (χ3n) is 2.95. The van der Waals surface area contributed by atoms with E-state index >= 15 is 0 Å². The molecular formula is C15H12N2O3. The van der Waals surface area contributed by atoms with Gasteiger partial charge in [-0.1, -0.05) is 53.4 Å². The van der Waals surface area contributed by atoms with Crippen molar-refractivity contribution in [1.29, 1.82) is 0 Å². The van der Waals surface area contributed by atoms with Gasteiger partial charge >= 0.3 is 5.97 Å². The number of benzene rings is 2. The monoisotopic (exact) mass is 268 g/mol. The summed E-state index contributed by atoms with van der Waals surface area (Å²) >= 11 is 0. The van der Waals surface area contributed by atoms with Crippen LogP contribution < -0.4 is 4.84 Å². The molecule has 0 aliphatic rings. The fourth-order valence-corrected chi connectivity index (χ4v) is 2.01. The van der Waals surface area contributed by atoms with E-state index in [-0.39, 0.29) is 5.69 Å². The molecule has 2 aromatic carbocycles. The zero-order chi connectivity index (χ0) is 13.9. The molecule has 5 heteroatoms. The molecule has 100 valence electrons. The Balaban J connectivity index is 1.94. The second-order valence-corrected chi connectivity index (χ2v) is 4.30. The minimum absolute atomic E-state index is 0.00587. The first-order chi connectivity index (χ1) is 9.75. The Morgan fingerprint density at radius 3 is 2.55 bits per heavy atom. The maximum atomic E-state index is 11.2. The van der Waals surface area contributed by atoms with Crippen molar-refractivity contribution in [2.24, 2.45) is 0 Å². The molecular weight excluding hydrogens is 256 g/mol. The van der Waals surface area contributed by atoms with Crippen molar-refractivity contribution >= 4 is 16.9 Å². The van der Waals surface area contributed by atoms with Gasteiger partial charge in [0.1, 0.15) is 12.1 Å². The largest absolute Gasteiger partial charge is 0.476 e. The first kappa shape index (κ1) is 12.2. The van der Waals surface area contributed by atoms with Gasteiger partial charge in [-0.05, 0) is 11.6 Å². The molecule has 0 aliphatic carbocycles. The SMILES string of the molecule is O=C(O)c1nn(OCc2ccccc2)c2ccccc12. The molecule has 3 aromatic rings. The number of carbonyl (C=O) groups is 1. The average Bonchev–Trinajstić information content (AvgIpc) is 2.85. The van der Waals surface area contributed by atoms with Crippen molar-refractivity contribution in [3.63, 3.8) is 0 Å². The number of carboxylic acid groups (broad SMARTS) is 1. The van der Waals surface area contributed by atoms with Gasteiger partial charge in [-0.15, -0.1) is 5.10 Å². The van der Waals surface area contributed by atoms with Crippen LogP contribution in [0.1, 0.15) is 16.1 Å². The minimum atomic E-state index is -1.07. The third-order valence-corrected chi connectivity index (χ3v) is 2.95. The van der Waals surface area contributed by atoms with E-state index in [0.717, 1.165) is 5.56 Å². The van der Waals surface area contributed by atoms with Crippen LogP contribution in [0.15, 0.2) is 54.6 Å². The summed E-state index contributed by atoms with van der Waals surface area (Å²) in [5, 5.41) is 13.7. The summed E-state index contributed by atoms with van der Waals surface area (Å²) in [4.78, 5) is 18.0. The topological polar surface area (TPSA) is 64.3 Å². The van der Waals surface area contributed by atoms with Gasteiger partial charge in [-0.3, -0.25) is 0 Å². The van der Waals surface area contributed by atoms with Gasteiger partial charge in [0.05, 0.1) is 0 Å². The minimum Gasteiger partial charge on any atom is -0.476 e. The number of rotatable bonds is 4. The lowest BCUT2D eigenvalue weighted by atomic mass is 10.2. The number of aromatic nitrogens is 2. The van der Waals surface area contributed by atoms with Crippen molar-refractivity contribution in [1.82, 2.24) is 9.94 Å². The van der Waals surface area contributed by atoms with E-state index < -0.39 is 5.97 Å². The molecule has 3 rings (SSSR count). The Labute approximate surface area is 115 Å². The normalized spacial score (nSPS) is 10.6. The lowest BCUT2D eigenvalue weighted by Gasteiger charge is -2.05. The molecule has 0 saturated heterocycles. The van der Waals surface area contributed by atoms with Crippen molar-refractivity contribution in [3.8, 4) is 0 Å². The fraction of sp³-hybridized carbons (Fsp3) is 0.0667. The zero-order valence-electron chi connectivity index (χ0n) is 10.6. The lowest BCUT2D eigenvalue weighted by Crippen LogP contribution is -2.13. The molecule has 0 bridgehead atoms. The fourth-order valence-electron chi connectivity index (χ4n) is 2.01. The summed E-state index contributed by atoms with van der Waals surface area (Å²) in [6.45, 7) is 0.325. The quantitative estimate of drug-likeness (QED) is 0.789. The maximum absolute atomic E-state index is 11.2. The number of nitrogens with zero attached hydrogens (tertiary/aromatic N) is 2. The van der Waals surface area contributed by atoms with Crippen LogP contribution >= 0.6 is 0 Å². The summed E-state index contributed by atoms with van der Waals surface area (Å²) in [6.07, 6.45) is 0. The molecule has 0 spiro atoms. The Morgan fingerprint density at radius 2 is 1.80 bits per heavy atom. The van der Waals surface area contributed by atoms with Gasteiger partial charge in [-0.2, -0.15) is 0 Å². The van der Waals surface area contributed by atoms with Crippen LogP contribution in [-0.2, 0) is 6.61 Å². The standard InChI is InChI=1S/C15H12N2O3/c18-15(19)14-12-8-4-5-9-13(12)17(16-14)20-10-11-6-2-1-3-7-11/h1-9H,10H2,(H,18,19). The van der Waals surface area contributed by atoms with Gasteiger partial charge in [0.25, 0.3) is 0 Å². The van der Waals surface area contributed by atoms with Crippen LogP contribution in [0.2, 0.25) is 0 Å². The van der Waals surface area contributed by atoms with E-state index in [2.05, 4.69) is 5.10 Å². The van der Waals surface area contributed by atoms with Gasteiger partial charge in [0.15, 0.2) is 5.69 Å². The number of hydrogen-bond donors (Lipinski definition) is 1. The molecule has 0 fully saturated rings. The second-order valence-electron chi connectivity index (χ2n) is 4.30. The van der Waals surface area contributed by atoms with Gasteiger partial charge in [-0.25, -0.2) is 4.79 Å². The first-order valence-electron chi connectivity index (χ1n) is 6.14. The molecule has 1 aromatic heterocycles. The number of carboxylic acids is 1. The summed E-state index contributed by atoms with van der Waals surface area (Å²) in [6, 6.07) is 16.7. The van der Waals surface area contributed by atoms with Crippen LogP contribution in [0.3, 0.4) is 0 Å². The highest BCUT2D eigenvalue weighted by Crippen LogP contribution is 2.17. The highest BCUT2D eigenvalue weighted by atomic mass is 16.7. The van der Waals surface area contributed by atoms with E-state index in [1.165, 1.54) is 4.85 Å². The summed E-state index contributed by atoms with van der Waals surface area (Å²) in [5.41, 5.74) is 1.62. The van der Waals surface area contributed by atoms with Crippen LogP contribution in [0.25, 0.3) is 10.9 Å². The number of aromatic carboxylic acids is 1. The molecule has 1 heterocycles. The molecule has 1 N–H and O–H groups in total. The van der Waals surface area contributed by atoms with Gasteiger partial charge < -0.3 is 9.94 Å². The number of fused-ring (bicyclic) bond motifs is 1. The molecule has 5 nitrogen and oxygen atoms in total. The van der Waals surface area contributed by atoms with Crippen molar-refractivity contribution in [2.45, 2.75) is 6.61 Å². The van der Waals surface area contributed by atoms with E-state index in [9.17, 15) is 4.79 Å². The third kappa shape index (κ3) is 2.21. The molecule has 0 amide bonds. The predicted molar refractivity (Wildman–Crippen MR) is 73.4 cm³/mol. The van der Waals surface area contributed by atoms with Crippen LogP contribution in [0.5, 0.6) is 0 Å². The first-order valence-corrected chi connectivity index (χ1v) is 6.14. The van der Waals surface area contributed by atoms with Crippen LogP contribution in [0, 0.1) is 0 Å². The van der Waals surface area contributed by atoms with E-state index in [0.29, 0.717) is 17.5 Å². The summed E-state index contributed by atoms with van der Waals surface area (Å²) in [5.74, 6) is -1.07. The maximum Gasteiger partial charge on any atom is 0.357 e. The highest BCUT2D eigenvalue weighted by molar-refractivity contribution is 6.00. The lowest BCUT2D eigenvalue weighted by molar-refractivity contribution is 0.0639. The van der Waals surface area contributed by atoms with E-state index in [4.69, 9.17) is 9.94 Å². The molecule has 0 aliphatic heterocycles. The van der Waals surface area contributed by atoms with E-state index in [1.807, 2.05) is 36.4 Å². The average molecular weight is 268 g/mol. The van der Waals surface area contributed by atoms with Gasteiger partial charge in [0, 0.05) is 5.39 Å². The summed E-state index contributed by atoms with van der Waals surface area (Å²) in [7, 11) is 0. The number of hydrogen-bond acceptors (Lipinski definition) is 3. The Morgan fingerprint density at radius 1 is 1.10 bits per heavy atom. The van der Waals surface area contributed by atoms with Crippen molar-refractivity contribution in [2.75, 3.05) is 0 Å². The van der Waals surface area contributed by atoms with Crippen LogP contribution in [-0.4, -0.2) is 21.0 Å². The van der Waals surface area contributed by atoms with Crippen LogP contribution in [0.4, 0.5) is 0 Å². The molecule has 0 saturated carbocycles. The molecule has 0 atom stereocenters. The van der Waals surface area contributed by atoms with Crippen molar-refractivity contribution in [3.05, 3.63) is 65.9 Å². The number of para-hydroxylation sites is 1. The Bertz CT molecular complexity index is 750. The summed E-state index contributed by atoms with van der Waals surface area (Å²) < 4.78 is 0. The Hall–Kier alpha value is -2.82. The zero-order valence-corrected chi connectivity index (χ0v) is 10.6. The Kier molecular flexibility index (Phi) is 3.09. The van der Waals surface area contributed by atoms with E-state index in [1.54, 1.807) is 18.2 Å². The smallest absolute Gasteiger partial charge is 0.357 e. The molecule has 0 unspecified atom stereocenters. The van der Waals surface area contributed by atoms with Crippen molar-refractivity contribution < 1.29 is 14.7 Å². The molecule has 0 radical (unpaired) electrons. The van der Waals surface area contributed by atoms with Gasteiger partial charge in [0.2, 0.25) is 0 Å². The predicted octanol–water partition coefficient (Wildman–Crippen LogP) is 2.36. The highest BCUT2D eigenvalue weighted by Gasteiger charge is 2.16. The second kappa shape index (κ2) is 5.05.